The van der Waals surface area contributed by atoms with Crippen LogP contribution in [0.4, 0.5) is 4.39 Å². The third-order valence-electron chi connectivity index (χ3n) is 3.30. The smallest absolute Gasteiger partial charge is 0.172 e. The molecule has 0 spiro atoms. The fraction of sp³-hybridized carbons (Fsp3) is 0.467. The molecular formula is C15H20FNO. The molecule has 2 rings (SSSR count). The molecule has 1 aliphatic rings. The van der Waals surface area contributed by atoms with Crippen LogP contribution in [0, 0.1) is 5.82 Å². The number of rotatable bonds is 4. The summed E-state index contributed by atoms with van der Waals surface area (Å²) in [6.07, 6.45) is 4.27. The summed E-state index contributed by atoms with van der Waals surface area (Å²) in [5.74, 6) is 0.0746. The molecule has 98 valence electrons. The zero-order valence-electron chi connectivity index (χ0n) is 11.1. The molecule has 3 heteroatoms. The third-order valence-corrected chi connectivity index (χ3v) is 3.30. The van der Waals surface area contributed by atoms with Crippen molar-refractivity contribution in [3.8, 4) is 5.75 Å². The molecule has 1 heterocycles. The predicted octanol–water partition coefficient (Wildman–Crippen LogP) is 3.33. The monoisotopic (exact) mass is 249 g/mol. The summed E-state index contributed by atoms with van der Waals surface area (Å²) in [6.45, 7) is 5.15. The second-order valence-corrected chi connectivity index (χ2v) is 4.62. The molecule has 0 saturated carbocycles. The molecule has 0 unspecified atom stereocenters. The van der Waals surface area contributed by atoms with E-state index in [1.807, 2.05) is 12.1 Å². The first-order valence-corrected chi connectivity index (χ1v) is 6.50. The Hall–Kier alpha value is -1.35. The van der Waals surface area contributed by atoms with Gasteiger partial charge >= 0.3 is 0 Å². The quantitative estimate of drug-likeness (QED) is 0.811. The van der Waals surface area contributed by atoms with Crippen LogP contribution in [0.25, 0.3) is 5.57 Å². The van der Waals surface area contributed by atoms with Gasteiger partial charge in [0.25, 0.3) is 0 Å². The van der Waals surface area contributed by atoms with Crippen molar-refractivity contribution >= 4 is 5.57 Å². The normalized spacial score (nSPS) is 16.5. The van der Waals surface area contributed by atoms with Gasteiger partial charge in [0, 0.05) is 18.7 Å². The van der Waals surface area contributed by atoms with Crippen LogP contribution in [0.1, 0.15) is 25.3 Å². The van der Waals surface area contributed by atoms with Gasteiger partial charge in [-0.05, 0) is 31.0 Å². The maximum Gasteiger partial charge on any atom is 0.172 e. The number of hydrogen-bond acceptors (Lipinski definition) is 2. The Morgan fingerprint density at radius 1 is 1.39 bits per heavy atom. The van der Waals surface area contributed by atoms with Crippen LogP contribution >= 0.6 is 0 Å². The summed E-state index contributed by atoms with van der Waals surface area (Å²) < 4.78 is 19.2. The number of ether oxygens (including phenoxy) is 1. The van der Waals surface area contributed by atoms with E-state index in [9.17, 15) is 4.39 Å². The van der Waals surface area contributed by atoms with E-state index in [-0.39, 0.29) is 5.82 Å². The Kier molecular flexibility index (Phi) is 4.37. The van der Waals surface area contributed by atoms with Gasteiger partial charge in [-0.3, -0.25) is 4.90 Å². The lowest BCUT2D eigenvalue weighted by Crippen LogP contribution is -2.30. The maximum atomic E-state index is 14.2. The molecule has 2 nitrogen and oxygen atoms in total. The zero-order valence-corrected chi connectivity index (χ0v) is 11.1. The minimum Gasteiger partial charge on any atom is -0.494 e. The van der Waals surface area contributed by atoms with Crippen LogP contribution in [0.15, 0.2) is 24.3 Å². The number of nitrogens with zero attached hydrogens (tertiary/aromatic N) is 1. The van der Waals surface area contributed by atoms with E-state index in [4.69, 9.17) is 4.74 Å². The lowest BCUT2D eigenvalue weighted by atomic mass is 10.00. The molecule has 0 N–H and O–H groups in total. The van der Waals surface area contributed by atoms with Gasteiger partial charge in [0.15, 0.2) is 11.6 Å². The largest absolute Gasteiger partial charge is 0.494 e. The molecule has 1 aromatic rings. The van der Waals surface area contributed by atoms with E-state index >= 15 is 0 Å². The van der Waals surface area contributed by atoms with Gasteiger partial charge < -0.3 is 4.74 Å². The standard InChI is InChI=1S/C15H20FNO/c1-3-9-17-10-5-6-12(11-17)13-7-4-8-14(18-2)15(13)16/h4,6-8H,3,5,9-11H2,1-2H3. The van der Waals surface area contributed by atoms with Crippen molar-refractivity contribution in [2.24, 2.45) is 0 Å². The first-order chi connectivity index (χ1) is 8.76. The highest BCUT2D eigenvalue weighted by atomic mass is 19.1. The van der Waals surface area contributed by atoms with Gasteiger partial charge in [0.2, 0.25) is 0 Å². The minimum absolute atomic E-state index is 0.246. The molecule has 0 bridgehead atoms. The highest BCUT2D eigenvalue weighted by Gasteiger charge is 2.17. The van der Waals surface area contributed by atoms with Gasteiger partial charge in [0.05, 0.1) is 7.11 Å². The van der Waals surface area contributed by atoms with E-state index in [1.165, 1.54) is 7.11 Å². The molecule has 0 fully saturated rings. The molecule has 0 aliphatic carbocycles. The van der Waals surface area contributed by atoms with Crippen LogP contribution in [0.2, 0.25) is 0 Å². The second-order valence-electron chi connectivity index (χ2n) is 4.62. The van der Waals surface area contributed by atoms with E-state index in [2.05, 4.69) is 17.9 Å². The summed E-state index contributed by atoms with van der Waals surface area (Å²) >= 11 is 0. The molecule has 0 aromatic heterocycles. The Bertz CT molecular complexity index is 442. The lowest BCUT2D eigenvalue weighted by Gasteiger charge is -2.27. The van der Waals surface area contributed by atoms with E-state index < -0.39 is 0 Å². The number of hydrogen-bond donors (Lipinski definition) is 0. The van der Waals surface area contributed by atoms with Crippen LogP contribution in [0.5, 0.6) is 5.75 Å². The molecule has 18 heavy (non-hydrogen) atoms. The molecular weight excluding hydrogens is 229 g/mol. The van der Waals surface area contributed by atoms with E-state index in [0.717, 1.165) is 38.0 Å². The average molecular weight is 249 g/mol. The lowest BCUT2D eigenvalue weighted by molar-refractivity contribution is 0.304. The SMILES string of the molecule is CCCN1CCC=C(c2cccc(OC)c2F)C1. The van der Waals surface area contributed by atoms with Gasteiger partial charge in [-0.25, -0.2) is 4.39 Å². The van der Waals surface area contributed by atoms with Gasteiger partial charge in [-0.1, -0.05) is 25.1 Å². The first kappa shape index (κ1) is 13.1. The second kappa shape index (κ2) is 6.01. The summed E-state index contributed by atoms with van der Waals surface area (Å²) in [6, 6.07) is 5.34. The number of benzene rings is 1. The summed E-state index contributed by atoms with van der Waals surface area (Å²) in [5, 5.41) is 0. The molecule has 1 aliphatic heterocycles. The summed E-state index contributed by atoms with van der Waals surface area (Å²) in [7, 11) is 1.50. The molecule has 0 saturated heterocycles. The van der Waals surface area contributed by atoms with Crippen molar-refractivity contribution < 1.29 is 9.13 Å². The van der Waals surface area contributed by atoms with E-state index in [0.29, 0.717) is 11.3 Å². The van der Waals surface area contributed by atoms with Crippen molar-refractivity contribution in [1.82, 2.24) is 4.90 Å². The predicted molar refractivity (Wildman–Crippen MR) is 72.3 cm³/mol. The number of halogens is 1. The van der Waals surface area contributed by atoms with Gasteiger partial charge in [0.1, 0.15) is 0 Å². The number of methoxy groups -OCH3 is 1. The Morgan fingerprint density at radius 2 is 2.22 bits per heavy atom. The van der Waals surface area contributed by atoms with Crippen molar-refractivity contribution in [2.45, 2.75) is 19.8 Å². The highest BCUT2D eigenvalue weighted by Crippen LogP contribution is 2.28. The van der Waals surface area contributed by atoms with Crippen LogP contribution in [-0.2, 0) is 0 Å². The fourth-order valence-corrected chi connectivity index (χ4v) is 2.42. The Labute approximate surface area is 108 Å². The third kappa shape index (κ3) is 2.72. The van der Waals surface area contributed by atoms with Crippen molar-refractivity contribution in [3.63, 3.8) is 0 Å². The molecule has 0 amide bonds. The highest BCUT2D eigenvalue weighted by molar-refractivity contribution is 5.69. The van der Waals surface area contributed by atoms with Gasteiger partial charge in [-0.15, -0.1) is 0 Å². The van der Waals surface area contributed by atoms with Crippen LogP contribution in [-0.4, -0.2) is 31.6 Å². The van der Waals surface area contributed by atoms with Crippen LogP contribution < -0.4 is 4.74 Å². The maximum absolute atomic E-state index is 14.2. The van der Waals surface area contributed by atoms with Gasteiger partial charge in [-0.2, -0.15) is 0 Å². The van der Waals surface area contributed by atoms with Crippen molar-refractivity contribution in [3.05, 3.63) is 35.7 Å². The summed E-state index contributed by atoms with van der Waals surface area (Å²) in [4.78, 5) is 2.37. The summed E-state index contributed by atoms with van der Waals surface area (Å²) in [5.41, 5.74) is 1.75. The molecule has 1 aromatic carbocycles. The first-order valence-electron chi connectivity index (χ1n) is 6.50. The molecule has 0 atom stereocenters. The van der Waals surface area contributed by atoms with Crippen molar-refractivity contribution in [1.29, 1.82) is 0 Å². The Morgan fingerprint density at radius 3 is 2.94 bits per heavy atom. The topological polar surface area (TPSA) is 12.5 Å². The molecule has 0 radical (unpaired) electrons. The minimum atomic E-state index is -0.246. The average Bonchev–Trinajstić information content (AvgIpc) is 2.40. The zero-order chi connectivity index (χ0) is 13.0. The fourth-order valence-electron chi connectivity index (χ4n) is 2.42. The Balaban J connectivity index is 2.23. The van der Waals surface area contributed by atoms with Crippen molar-refractivity contribution in [2.75, 3.05) is 26.7 Å². The van der Waals surface area contributed by atoms with Crippen LogP contribution in [0.3, 0.4) is 0 Å². The van der Waals surface area contributed by atoms with E-state index in [1.54, 1.807) is 6.07 Å².